The number of hydrogen-bond acceptors (Lipinski definition) is 2. The van der Waals surface area contributed by atoms with Gasteiger partial charge in [0, 0.05) is 5.57 Å². The third-order valence-corrected chi connectivity index (χ3v) is 3.74. The zero-order chi connectivity index (χ0) is 12.8. The summed E-state index contributed by atoms with van der Waals surface area (Å²) in [6.45, 7) is 3.90. The highest BCUT2D eigenvalue weighted by Gasteiger charge is 2.47. The summed E-state index contributed by atoms with van der Waals surface area (Å²) in [6, 6.07) is 9.91. The van der Waals surface area contributed by atoms with Crippen molar-refractivity contribution in [2.45, 2.75) is 26.1 Å². The van der Waals surface area contributed by atoms with Gasteiger partial charge < -0.3 is 4.74 Å². The van der Waals surface area contributed by atoms with Crippen molar-refractivity contribution in [3.63, 3.8) is 0 Å². The van der Waals surface area contributed by atoms with E-state index >= 15 is 0 Å². The zero-order valence-electron chi connectivity index (χ0n) is 10.6. The fourth-order valence-electron chi connectivity index (χ4n) is 2.55. The van der Waals surface area contributed by atoms with E-state index in [1.165, 1.54) is 0 Å². The van der Waals surface area contributed by atoms with E-state index < -0.39 is 5.41 Å². The molecule has 92 valence electrons. The SMILES string of the molecule is CC1(C)C(=O)/C(=C/c2ccccc2)[C@H]2C=C[C@@H]1O2. The molecule has 0 amide bonds. The standard InChI is InChI=1S/C16H16O2/c1-16(2)14-9-8-13(18-14)12(15(16)17)10-11-6-4-3-5-7-11/h3-10,13-14H,1-2H3/b12-10+/t13-,14+/m1/s1. The summed E-state index contributed by atoms with van der Waals surface area (Å²) in [4.78, 5) is 12.5. The van der Waals surface area contributed by atoms with Crippen molar-refractivity contribution >= 4 is 11.9 Å². The number of carbonyl (C=O) groups is 1. The molecule has 2 nitrogen and oxygen atoms in total. The summed E-state index contributed by atoms with van der Waals surface area (Å²) in [5.41, 5.74) is 1.33. The molecule has 3 rings (SSSR count). The Morgan fingerprint density at radius 1 is 1.17 bits per heavy atom. The van der Waals surface area contributed by atoms with E-state index in [9.17, 15) is 4.79 Å². The number of ether oxygens (including phenoxy) is 1. The summed E-state index contributed by atoms with van der Waals surface area (Å²) in [7, 11) is 0. The van der Waals surface area contributed by atoms with Crippen molar-refractivity contribution in [2.75, 3.05) is 0 Å². The topological polar surface area (TPSA) is 26.3 Å². The third-order valence-electron chi connectivity index (χ3n) is 3.74. The van der Waals surface area contributed by atoms with Crippen LogP contribution in [0.5, 0.6) is 0 Å². The molecule has 1 aromatic rings. The fraction of sp³-hybridized carbons (Fsp3) is 0.312. The highest BCUT2D eigenvalue weighted by molar-refractivity contribution is 6.06. The van der Waals surface area contributed by atoms with Crippen LogP contribution in [-0.4, -0.2) is 18.0 Å². The van der Waals surface area contributed by atoms with Gasteiger partial charge in [-0.1, -0.05) is 42.5 Å². The van der Waals surface area contributed by atoms with Crippen LogP contribution < -0.4 is 0 Å². The first-order valence-electron chi connectivity index (χ1n) is 6.24. The van der Waals surface area contributed by atoms with Gasteiger partial charge in [-0.25, -0.2) is 0 Å². The number of benzene rings is 1. The van der Waals surface area contributed by atoms with Crippen LogP contribution in [0, 0.1) is 5.41 Å². The van der Waals surface area contributed by atoms with E-state index in [-0.39, 0.29) is 18.0 Å². The summed E-state index contributed by atoms with van der Waals surface area (Å²) in [5.74, 6) is 0.192. The van der Waals surface area contributed by atoms with E-state index in [1.807, 2.05) is 62.4 Å². The zero-order valence-corrected chi connectivity index (χ0v) is 10.6. The molecule has 1 fully saturated rings. The Kier molecular flexibility index (Phi) is 2.49. The van der Waals surface area contributed by atoms with Gasteiger partial charge in [0.15, 0.2) is 5.78 Å². The highest BCUT2D eigenvalue weighted by atomic mass is 16.5. The number of fused-ring (bicyclic) bond motifs is 2. The van der Waals surface area contributed by atoms with Crippen molar-refractivity contribution in [1.82, 2.24) is 0 Å². The Hall–Kier alpha value is -1.67. The molecular formula is C16H16O2. The lowest BCUT2D eigenvalue weighted by molar-refractivity contribution is -0.136. The molecule has 0 aromatic heterocycles. The maximum Gasteiger partial charge on any atom is 0.170 e. The maximum atomic E-state index is 12.5. The second-order valence-corrected chi connectivity index (χ2v) is 5.42. The molecule has 2 aliphatic heterocycles. The molecule has 2 heteroatoms. The average molecular weight is 240 g/mol. The lowest BCUT2D eigenvalue weighted by Gasteiger charge is -2.36. The monoisotopic (exact) mass is 240 g/mol. The van der Waals surface area contributed by atoms with Crippen LogP contribution in [0.4, 0.5) is 0 Å². The van der Waals surface area contributed by atoms with E-state index in [0.717, 1.165) is 11.1 Å². The minimum Gasteiger partial charge on any atom is -0.361 e. The van der Waals surface area contributed by atoms with Crippen LogP contribution in [-0.2, 0) is 9.53 Å². The second-order valence-electron chi connectivity index (χ2n) is 5.42. The smallest absolute Gasteiger partial charge is 0.170 e. The molecule has 2 aliphatic rings. The molecule has 18 heavy (non-hydrogen) atoms. The van der Waals surface area contributed by atoms with E-state index in [4.69, 9.17) is 4.74 Å². The molecule has 0 spiro atoms. The molecule has 0 aliphatic carbocycles. The first-order valence-corrected chi connectivity index (χ1v) is 6.24. The van der Waals surface area contributed by atoms with Crippen LogP contribution in [0.25, 0.3) is 6.08 Å². The van der Waals surface area contributed by atoms with E-state index in [1.54, 1.807) is 0 Å². The predicted octanol–water partition coefficient (Wildman–Crippen LogP) is 3.00. The van der Waals surface area contributed by atoms with Gasteiger partial charge in [-0.2, -0.15) is 0 Å². The second kappa shape index (κ2) is 3.92. The van der Waals surface area contributed by atoms with Crippen molar-refractivity contribution in [2.24, 2.45) is 5.41 Å². The van der Waals surface area contributed by atoms with Crippen LogP contribution >= 0.6 is 0 Å². The van der Waals surface area contributed by atoms with Crippen LogP contribution in [0.15, 0.2) is 48.1 Å². The first-order chi connectivity index (χ1) is 8.59. The minimum atomic E-state index is -0.468. The average Bonchev–Trinajstić information content (AvgIpc) is 2.83. The van der Waals surface area contributed by atoms with E-state index in [2.05, 4.69) is 0 Å². The number of hydrogen-bond donors (Lipinski definition) is 0. The largest absolute Gasteiger partial charge is 0.361 e. The van der Waals surface area contributed by atoms with Gasteiger partial charge in [0.1, 0.15) is 6.10 Å². The maximum absolute atomic E-state index is 12.5. The Morgan fingerprint density at radius 2 is 1.89 bits per heavy atom. The number of ketones is 1. The molecular weight excluding hydrogens is 224 g/mol. The summed E-state index contributed by atoms with van der Waals surface area (Å²) in [5, 5.41) is 0. The molecule has 2 heterocycles. The van der Waals surface area contributed by atoms with Crippen LogP contribution in [0.2, 0.25) is 0 Å². The lowest BCUT2D eigenvalue weighted by Crippen LogP contribution is -2.44. The Morgan fingerprint density at radius 3 is 2.61 bits per heavy atom. The highest BCUT2D eigenvalue weighted by Crippen LogP contribution is 2.41. The van der Waals surface area contributed by atoms with Crippen molar-refractivity contribution < 1.29 is 9.53 Å². The molecule has 0 unspecified atom stereocenters. The first kappa shape index (κ1) is 11.4. The molecule has 2 atom stereocenters. The lowest BCUT2D eigenvalue weighted by atomic mass is 9.77. The quantitative estimate of drug-likeness (QED) is 0.557. The summed E-state index contributed by atoms with van der Waals surface area (Å²) >= 11 is 0. The van der Waals surface area contributed by atoms with Gasteiger partial charge in [-0.3, -0.25) is 4.79 Å². The van der Waals surface area contributed by atoms with Gasteiger partial charge >= 0.3 is 0 Å². The van der Waals surface area contributed by atoms with Gasteiger partial charge in [0.25, 0.3) is 0 Å². The number of carbonyl (C=O) groups excluding carboxylic acids is 1. The summed E-state index contributed by atoms with van der Waals surface area (Å²) in [6.07, 6.45) is 5.69. The minimum absolute atomic E-state index is 0.0806. The van der Waals surface area contributed by atoms with E-state index in [0.29, 0.717) is 0 Å². The van der Waals surface area contributed by atoms with Gasteiger partial charge in [-0.05, 0) is 25.5 Å². The molecule has 1 aromatic carbocycles. The van der Waals surface area contributed by atoms with Crippen molar-refractivity contribution in [3.05, 3.63) is 53.6 Å². The third kappa shape index (κ3) is 1.65. The Balaban J connectivity index is 2.04. The molecule has 0 N–H and O–H groups in total. The van der Waals surface area contributed by atoms with Crippen molar-refractivity contribution in [3.8, 4) is 0 Å². The van der Waals surface area contributed by atoms with Crippen LogP contribution in [0.3, 0.4) is 0 Å². The molecule has 1 saturated heterocycles. The molecule has 0 saturated carbocycles. The van der Waals surface area contributed by atoms with Gasteiger partial charge in [0.2, 0.25) is 0 Å². The molecule has 0 radical (unpaired) electrons. The fourth-order valence-corrected chi connectivity index (χ4v) is 2.55. The van der Waals surface area contributed by atoms with Gasteiger partial charge in [0.05, 0.1) is 11.5 Å². The van der Waals surface area contributed by atoms with Crippen LogP contribution in [0.1, 0.15) is 19.4 Å². The molecule has 2 bridgehead atoms. The van der Waals surface area contributed by atoms with Crippen molar-refractivity contribution in [1.29, 1.82) is 0 Å². The number of Topliss-reactive ketones (excluding diaryl/α,β-unsaturated/α-hetero) is 1. The number of rotatable bonds is 1. The van der Waals surface area contributed by atoms with Gasteiger partial charge in [-0.15, -0.1) is 0 Å². The normalized spacial score (nSPS) is 31.0. The Bertz CT molecular complexity index is 537. The summed E-state index contributed by atoms with van der Waals surface area (Å²) < 4.78 is 5.87. The predicted molar refractivity (Wildman–Crippen MR) is 71.0 cm³/mol. The Labute approximate surface area is 107 Å².